The monoisotopic (exact) mass is 308 g/mol. The van der Waals surface area contributed by atoms with Crippen molar-refractivity contribution in [3.63, 3.8) is 0 Å². The Morgan fingerprint density at radius 3 is 2.62 bits per heavy atom. The normalized spacial score (nSPS) is 16.4. The molecule has 2 nitrogen and oxygen atoms in total. The Labute approximate surface area is 134 Å². The van der Waals surface area contributed by atoms with Crippen molar-refractivity contribution < 1.29 is 0 Å². The third-order valence-corrected chi connectivity index (χ3v) is 5.51. The Morgan fingerprint density at radius 1 is 1.24 bits per heavy atom. The molecule has 0 bridgehead atoms. The second kappa shape index (κ2) is 8.92. The van der Waals surface area contributed by atoms with Crippen LogP contribution in [0.25, 0.3) is 0 Å². The van der Waals surface area contributed by atoms with Crippen molar-refractivity contribution in [2.75, 3.05) is 19.6 Å². The summed E-state index contributed by atoms with van der Waals surface area (Å²) in [6, 6.07) is 5.32. The largest absolute Gasteiger partial charge is 0.311 e. The van der Waals surface area contributed by atoms with Crippen molar-refractivity contribution in [3.05, 3.63) is 21.9 Å². The van der Waals surface area contributed by atoms with Crippen LogP contribution in [0.2, 0.25) is 0 Å². The summed E-state index contributed by atoms with van der Waals surface area (Å²) in [5.74, 6) is 0.816. The smallest absolute Gasteiger partial charge is 0.0300 e. The van der Waals surface area contributed by atoms with Crippen LogP contribution < -0.4 is 5.32 Å². The highest BCUT2D eigenvalue weighted by Crippen LogP contribution is 2.23. The lowest BCUT2D eigenvalue weighted by Crippen LogP contribution is -2.39. The SMILES string of the molecule is Cc1ccc(CNCCN(CCC(C)C)C2CCCC2)s1. The summed E-state index contributed by atoms with van der Waals surface area (Å²) in [4.78, 5) is 5.62. The van der Waals surface area contributed by atoms with E-state index in [-0.39, 0.29) is 0 Å². The molecule has 1 saturated carbocycles. The van der Waals surface area contributed by atoms with E-state index in [0.717, 1.165) is 25.0 Å². The number of rotatable bonds is 9. The average Bonchev–Trinajstić information content (AvgIpc) is 3.09. The van der Waals surface area contributed by atoms with Crippen LogP contribution in [0.15, 0.2) is 12.1 Å². The number of aryl methyl sites for hydroxylation is 1. The van der Waals surface area contributed by atoms with Gasteiger partial charge >= 0.3 is 0 Å². The second-order valence-electron chi connectivity index (χ2n) is 6.85. The van der Waals surface area contributed by atoms with E-state index in [0.29, 0.717) is 0 Å². The van der Waals surface area contributed by atoms with Gasteiger partial charge in [0.25, 0.3) is 0 Å². The summed E-state index contributed by atoms with van der Waals surface area (Å²) in [5.41, 5.74) is 0. The predicted molar refractivity (Wildman–Crippen MR) is 94.0 cm³/mol. The van der Waals surface area contributed by atoms with Crippen molar-refractivity contribution >= 4 is 11.3 Å². The van der Waals surface area contributed by atoms with Gasteiger partial charge in [-0.25, -0.2) is 0 Å². The quantitative estimate of drug-likeness (QED) is 0.679. The van der Waals surface area contributed by atoms with E-state index in [2.05, 4.69) is 43.1 Å². The first-order chi connectivity index (χ1) is 10.1. The first-order valence-electron chi connectivity index (χ1n) is 8.65. The molecule has 1 aromatic heterocycles. The van der Waals surface area contributed by atoms with E-state index in [1.54, 1.807) is 0 Å². The number of thiophene rings is 1. The maximum Gasteiger partial charge on any atom is 0.0300 e. The van der Waals surface area contributed by atoms with E-state index in [9.17, 15) is 0 Å². The van der Waals surface area contributed by atoms with Crippen molar-refractivity contribution in [1.82, 2.24) is 10.2 Å². The maximum atomic E-state index is 3.63. The molecule has 1 N–H and O–H groups in total. The summed E-state index contributed by atoms with van der Waals surface area (Å²) in [5, 5.41) is 3.63. The van der Waals surface area contributed by atoms with Gasteiger partial charge in [-0.2, -0.15) is 0 Å². The molecule has 0 amide bonds. The Morgan fingerprint density at radius 2 is 2.00 bits per heavy atom. The molecule has 0 unspecified atom stereocenters. The molecule has 1 aromatic rings. The van der Waals surface area contributed by atoms with Gasteiger partial charge < -0.3 is 5.32 Å². The molecule has 2 rings (SSSR count). The van der Waals surface area contributed by atoms with E-state index < -0.39 is 0 Å². The molecule has 21 heavy (non-hydrogen) atoms. The van der Waals surface area contributed by atoms with Crippen LogP contribution in [0.4, 0.5) is 0 Å². The summed E-state index contributed by atoms with van der Waals surface area (Å²) in [7, 11) is 0. The van der Waals surface area contributed by atoms with Crippen LogP contribution in [-0.2, 0) is 6.54 Å². The van der Waals surface area contributed by atoms with E-state index >= 15 is 0 Å². The fraction of sp³-hybridized carbons (Fsp3) is 0.778. The third-order valence-electron chi connectivity index (χ3n) is 4.51. The molecule has 3 heteroatoms. The van der Waals surface area contributed by atoms with Gasteiger partial charge in [0.15, 0.2) is 0 Å². The molecule has 0 radical (unpaired) electrons. The van der Waals surface area contributed by atoms with Gasteiger partial charge in [0, 0.05) is 35.4 Å². The Hall–Kier alpha value is -0.380. The highest BCUT2D eigenvalue weighted by molar-refractivity contribution is 7.11. The van der Waals surface area contributed by atoms with E-state index in [1.165, 1.54) is 54.9 Å². The highest BCUT2D eigenvalue weighted by atomic mass is 32.1. The number of nitrogens with zero attached hydrogens (tertiary/aromatic N) is 1. The zero-order chi connectivity index (χ0) is 15.1. The Bertz CT molecular complexity index is 394. The lowest BCUT2D eigenvalue weighted by Gasteiger charge is -2.29. The summed E-state index contributed by atoms with van der Waals surface area (Å²) >= 11 is 1.91. The molecule has 0 spiro atoms. The maximum absolute atomic E-state index is 3.63. The van der Waals surface area contributed by atoms with E-state index in [4.69, 9.17) is 0 Å². The lowest BCUT2D eigenvalue weighted by atomic mass is 10.1. The molecule has 0 atom stereocenters. The number of hydrogen-bond donors (Lipinski definition) is 1. The van der Waals surface area contributed by atoms with Crippen molar-refractivity contribution in [2.24, 2.45) is 5.92 Å². The van der Waals surface area contributed by atoms with Gasteiger partial charge in [0.05, 0.1) is 0 Å². The summed E-state index contributed by atoms with van der Waals surface area (Å²) in [6.45, 7) is 11.5. The van der Waals surface area contributed by atoms with Gasteiger partial charge in [-0.05, 0) is 50.8 Å². The zero-order valence-corrected chi connectivity index (χ0v) is 14.8. The van der Waals surface area contributed by atoms with Crippen LogP contribution >= 0.6 is 11.3 Å². The standard InChI is InChI=1S/C18H32N2S/c1-15(2)10-12-20(17-6-4-5-7-17)13-11-19-14-18-9-8-16(3)21-18/h8-9,15,17,19H,4-7,10-14H2,1-3H3. The van der Waals surface area contributed by atoms with Gasteiger partial charge in [-0.3, -0.25) is 4.90 Å². The minimum Gasteiger partial charge on any atom is -0.311 e. The molecule has 0 aliphatic heterocycles. The van der Waals surface area contributed by atoms with Gasteiger partial charge in [0.2, 0.25) is 0 Å². The average molecular weight is 309 g/mol. The zero-order valence-electron chi connectivity index (χ0n) is 14.0. The molecule has 1 fully saturated rings. The fourth-order valence-corrected chi connectivity index (χ4v) is 4.04. The second-order valence-corrected chi connectivity index (χ2v) is 8.22. The summed E-state index contributed by atoms with van der Waals surface area (Å²) < 4.78 is 0. The molecular weight excluding hydrogens is 276 g/mol. The minimum atomic E-state index is 0.816. The number of nitrogens with one attached hydrogen (secondary N) is 1. The van der Waals surface area contributed by atoms with Crippen LogP contribution in [0.1, 0.15) is 55.7 Å². The van der Waals surface area contributed by atoms with Crippen LogP contribution in [0, 0.1) is 12.8 Å². The topological polar surface area (TPSA) is 15.3 Å². The van der Waals surface area contributed by atoms with E-state index in [1.807, 2.05) is 11.3 Å². The Kier molecular flexibility index (Phi) is 7.21. The van der Waals surface area contributed by atoms with Crippen LogP contribution in [0.3, 0.4) is 0 Å². The van der Waals surface area contributed by atoms with Crippen LogP contribution in [0.5, 0.6) is 0 Å². The molecule has 1 aliphatic rings. The van der Waals surface area contributed by atoms with Crippen molar-refractivity contribution in [2.45, 2.75) is 65.5 Å². The molecule has 0 aromatic carbocycles. The first-order valence-corrected chi connectivity index (χ1v) is 9.47. The van der Waals surface area contributed by atoms with Gasteiger partial charge in [-0.15, -0.1) is 11.3 Å². The molecule has 0 saturated heterocycles. The fourth-order valence-electron chi connectivity index (χ4n) is 3.18. The first kappa shape index (κ1) is 17.0. The van der Waals surface area contributed by atoms with Crippen LogP contribution in [-0.4, -0.2) is 30.6 Å². The minimum absolute atomic E-state index is 0.816. The Balaban J connectivity index is 1.70. The van der Waals surface area contributed by atoms with Crippen molar-refractivity contribution in [1.29, 1.82) is 0 Å². The summed E-state index contributed by atoms with van der Waals surface area (Å²) in [6.07, 6.45) is 7.04. The third kappa shape index (κ3) is 6.09. The molecule has 1 heterocycles. The number of hydrogen-bond acceptors (Lipinski definition) is 3. The van der Waals surface area contributed by atoms with Gasteiger partial charge in [0.1, 0.15) is 0 Å². The predicted octanol–water partition coefficient (Wildman–Crippen LogP) is 4.44. The lowest BCUT2D eigenvalue weighted by molar-refractivity contribution is 0.188. The molecule has 120 valence electrons. The molecule has 1 aliphatic carbocycles. The van der Waals surface area contributed by atoms with Crippen molar-refractivity contribution in [3.8, 4) is 0 Å². The highest BCUT2D eigenvalue weighted by Gasteiger charge is 2.21. The van der Waals surface area contributed by atoms with Gasteiger partial charge in [-0.1, -0.05) is 26.7 Å². The molecular formula is C18H32N2S.